The minimum Gasteiger partial charge on any atom is -0.477 e. The van der Waals surface area contributed by atoms with Gasteiger partial charge in [0.1, 0.15) is 0 Å². The van der Waals surface area contributed by atoms with Crippen molar-refractivity contribution >= 4 is 40.8 Å². The number of piperazine rings is 1. The second kappa shape index (κ2) is 8.80. The van der Waals surface area contributed by atoms with E-state index in [1.807, 2.05) is 6.07 Å². The molecule has 4 rings (SSSR count). The minimum atomic E-state index is -2.23. The van der Waals surface area contributed by atoms with Crippen molar-refractivity contribution in [3.63, 3.8) is 0 Å². The van der Waals surface area contributed by atoms with Gasteiger partial charge in [-0.25, -0.2) is 18.2 Å². The Morgan fingerprint density at radius 3 is 2.69 bits per heavy atom. The van der Waals surface area contributed by atoms with Crippen LogP contribution < -0.4 is 10.6 Å². The van der Waals surface area contributed by atoms with E-state index in [4.69, 9.17) is 21.0 Å². The fraction of sp³-hybridized carbons (Fsp3) is 0.238. The van der Waals surface area contributed by atoms with Gasteiger partial charge in [-0.3, -0.25) is 4.79 Å². The molecule has 2 unspecified atom stereocenters. The van der Waals surface area contributed by atoms with Crippen LogP contribution in [-0.4, -0.2) is 55.8 Å². The number of carboxylic acid groups (broad SMARTS) is 1. The summed E-state index contributed by atoms with van der Waals surface area (Å²) in [5, 5.41) is 19.8. The summed E-state index contributed by atoms with van der Waals surface area (Å²) >= 11 is 3.73. The molecular formula is C21H17ClN4O5S. The summed E-state index contributed by atoms with van der Waals surface area (Å²) < 4.78 is 19.5. The first-order valence-electron chi connectivity index (χ1n) is 9.54. The van der Waals surface area contributed by atoms with Gasteiger partial charge in [0.25, 0.3) is 5.72 Å². The summed E-state index contributed by atoms with van der Waals surface area (Å²) in [5.74, 6) is -1.70. The third-order valence-electron chi connectivity index (χ3n) is 5.08. The molecule has 1 N–H and O–H groups in total. The summed E-state index contributed by atoms with van der Waals surface area (Å²) in [4.78, 5) is 30.2. The third-order valence-corrected chi connectivity index (χ3v) is 6.45. The SMILES string of the molecule is N#Cc1ccc(CN2CCN(S(=O)OC3(C(=O)O)C=c4cc(Cl)ccc4=N3)CC2=O)cc1. The van der Waals surface area contributed by atoms with E-state index in [0.717, 1.165) is 5.56 Å². The summed E-state index contributed by atoms with van der Waals surface area (Å²) in [6.07, 6.45) is 1.25. The van der Waals surface area contributed by atoms with E-state index in [-0.39, 0.29) is 25.5 Å². The molecule has 2 aliphatic heterocycles. The lowest BCUT2D eigenvalue weighted by molar-refractivity contribution is -0.148. The Morgan fingerprint density at radius 1 is 1.28 bits per heavy atom. The average Bonchev–Trinajstić information content (AvgIpc) is 3.14. The zero-order chi connectivity index (χ0) is 22.9. The average molecular weight is 473 g/mol. The molecule has 0 bridgehead atoms. The number of aliphatic carboxylic acids is 1. The van der Waals surface area contributed by atoms with Gasteiger partial charge < -0.3 is 10.0 Å². The highest BCUT2D eigenvalue weighted by molar-refractivity contribution is 7.77. The molecule has 32 heavy (non-hydrogen) atoms. The molecule has 0 saturated carbocycles. The number of carbonyl (C=O) groups excluding carboxylic acids is 1. The number of nitriles is 1. The van der Waals surface area contributed by atoms with Crippen molar-refractivity contribution in [2.75, 3.05) is 19.6 Å². The number of nitrogens with zero attached hydrogens (tertiary/aromatic N) is 4. The van der Waals surface area contributed by atoms with Crippen molar-refractivity contribution in [1.82, 2.24) is 9.21 Å². The van der Waals surface area contributed by atoms with Crippen molar-refractivity contribution in [3.05, 3.63) is 69.2 Å². The Balaban J connectivity index is 1.44. The van der Waals surface area contributed by atoms with Crippen LogP contribution in [0.5, 0.6) is 0 Å². The van der Waals surface area contributed by atoms with Crippen LogP contribution in [0.3, 0.4) is 0 Å². The van der Waals surface area contributed by atoms with Gasteiger partial charge in [-0.05, 0) is 42.0 Å². The van der Waals surface area contributed by atoms with Crippen LogP contribution >= 0.6 is 11.6 Å². The molecule has 11 heteroatoms. The first-order chi connectivity index (χ1) is 15.3. The third kappa shape index (κ3) is 4.42. The fourth-order valence-electron chi connectivity index (χ4n) is 3.40. The van der Waals surface area contributed by atoms with E-state index in [0.29, 0.717) is 27.7 Å². The minimum absolute atomic E-state index is 0.197. The molecule has 0 aliphatic carbocycles. The van der Waals surface area contributed by atoms with Crippen LogP contribution in [-0.2, 0) is 31.6 Å². The molecule has 2 aliphatic rings. The van der Waals surface area contributed by atoms with Crippen molar-refractivity contribution < 1.29 is 23.1 Å². The number of amides is 1. The van der Waals surface area contributed by atoms with Gasteiger partial charge >= 0.3 is 5.97 Å². The lowest BCUT2D eigenvalue weighted by Gasteiger charge is -2.33. The number of hydrogen-bond acceptors (Lipinski definition) is 6. The number of benzene rings is 2. The van der Waals surface area contributed by atoms with Crippen LogP contribution in [0.1, 0.15) is 11.1 Å². The van der Waals surface area contributed by atoms with Crippen LogP contribution in [0.15, 0.2) is 47.5 Å². The van der Waals surface area contributed by atoms with Crippen LogP contribution in [0.25, 0.3) is 6.08 Å². The van der Waals surface area contributed by atoms with Gasteiger partial charge in [-0.1, -0.05) is 23.7 Å². The van der Waals surface area contributed by atoms with Gasteiger partial charge in [0.05, 0.1) is 23.5 Å². The van der Waals surface area contributed by atoms with Crippen molar-refractivity contribution in [1.29, 1.82) is 5.26 Å². The van der Waals surface area contributed by atoms with Gasteiger partial charge in [0, 0.05) is 29.9 Å². The zero-order valence-corrected chi connectivity index (χ0v) is 18.2. The summed E-state index contributed by atoms with van der Waals surface area (Å²) in [7, 11) is 0. The van der Waals surface area contributed by atoms with Crippen LogP contribution in [0.2, 0.25) is 5.02 Å². The van der Waals surface area contributed by atoms with E-state index >= 15 is 0 Å². The summed E-state index contributed by atoms with van der Waals surface area (Å²) in [6.45, 7) is 0.662. The maximum Gasteiger partial charge on any atom is 0.364 e. The predicted octanol–water partition coefficient (Wildman–Crippen LogP) is 0.346. The maximum absolute atomic E-state index is 12.8. The summed E-state index contributed by atoms with van der Waals surface area (Å²) in [5.41, 5.74) is -0.771. The van der Waals surface area contributed by atoms with Crippen LogP contribution in [0.4, 0.5) is 0 Å². The monoisotopic (exact) mass is 472 g/mol. The number of halogens is 1. The normalized spacial score (nSPS) is 21.2. The molecule has 2 aromatic carbocycles. The molecule has 1 saturated heterocycles. The predicted molar refractivity (Wildman–Crippen MR) is 114 cm³/mol. The maximum atomic E-state index is 12.8. The molecule has 2 atom stereocenters. The first-order valence-corrected chi connectivity index (χ1v) is 11.0. The Hall–Kier alpha value is -3.10. The summed E-state index contributed by atoms with van der Waals surface area (Å²) in [6, 6.07) is 13.6. The lowest BCUT2D eigenvalue weighted by atomic mass is 10.1. The molecule has 164 valence electrons. The Labute approximate surface area is 190 Å². The Kier molecular flexibility index (Phi) is 6.08. The van der Waals surface area contributed by atoms with Crippen LogP contribution in [0, 0.1) is 11.3 Å². The van der Waals surface area contributed by atoms with E-state index in [2.05, 4.69) is 4.99 Å². The van der Waals surface area contributed by atoms with Gasteiger partial charge in [-0.2, -0.15) is 9.57 Å². The largest absolute Gasteiger partial charge is 0.477 e. The molecule has 0 radical (unpaired) electrons. The van der Waals surface area contributed by atoms with E-state index in [1.165, 1.54) is 10.4 Å². The lowest BCUT2D eigenvalue weighted by Crippen LogP contribution is -2.52. The van der Waals surface area contributed by atoms with Gasteiger partial charge in [0.15, 0.2) is 0 Å². The van der Waals surface area contributed by atoms with E-state index in [1.54, 1.807) is 47.4 Å². The second-order valence-corrected chi connectivity index (χ2v) is 8.80. The second-order valence-electron chi connectivity index (χ2n) is 7.25. The first kappa shape index (κ1) is 22.1. The van der Waals surface area contributed by atoms with Crippen molar-refractivity contribution in [2.24, 2.45) is 4.99 Å². The Bertz CT molecular complexity index is 1280. The standard InChI is InChI=1S/C21H17ClN4O5S/c22-17-5-6-18-16(9-17)10-21(24-18,20(28)29)31-32(30)26-8-7-25(19(27)13-26)12-15-3-1-14(11-23)2-4-15/h1-6,9-10H,7-8,12-13H2,(H,28,29). The quantitative estimate of drug-likeness (QED) is 0.647. The van der Waals surface area contributed by atoms with Gasteiger partial charge in [-0.15, -0.1) is 0 Å². The number of hydrogen-bond donors (Lipinski definition) is 1. The fourth-order valence-corrected chi connectivity index (χ4v) is 4.51. The zero-order valence-electron chi connectivity index (χ0n) is 16.6. The van der Waals surface area contributed by atoms with Gasteiger partial charge in [0.2, 0.25) is 17.2 Å². The van der Waals surface area contributed by atoms with E-state index in [9.17, 15) is 18.9 Å². The molecule has 1 amide bonds. The smallest absolute Gasteiger partial charge is 0.364 e. The van der Waals surface area contributed by atoms with E-state index < -0.39 is 23.0 Å². The molecule has 2 heterocycles. The highest BCUT2D eigenvalue weighted by atomic mass is 35.5. The number of carbonyl (C=O) groups is 2. The van der Waals surface area contributed by atoms with Crippen molar-refractivity contribution in [3.8, 4) is 6.07 Å². The molecule has 9 nitrogen and oxygen atoms in total. The number of fused-ring (bicyclic) bond motifs is 1. The molecule has 0 aromatic heterocycles. The number of rotatable bonds is 6. The molecule has 1 fully saturated rings. The number of carboxylic acids is 1. The highest BCUT2D eigenvalue weighted by Gasteiger charge is 2.44. The molecule has 0 spiro atoms. The highest BCUT2D eigenvalue weighted by Crippen LogP contribution is 2.22. The Morgan fingerprint density at radius 2 is 2.03 bits per heavy atom. The molecule has 2 aromatic rings. The molecular weight excluding hydrogens is 456 g/mol. The topological polar surface area (TPSA) is 123 Å². The van der Waals surface area contributed by atoms with Crippen molar-refractivity contribution in [2.45, 2.75) is 12.3 Å².